The van der Waals surface area contributed by atoms with Gasteiger partial charge in [0.1, 0.15) is 17.8 Å². The van der Waals surface area contributed by atoms with Gasteiger partial charge in [-0.15, -0.1) is 0 Å². The second-order valence-electron chi connectivity index (χ2n) is 8.29. The van der Waals surface area contributed by atoms with Gasteiger partial charge < -0.3 is 13.9 Å². The molecule has 1 saturated carbocycles. The number of hydrogen-bond donors (Lipinski definition) is 0. The van der Waals surface area contributed by atoms with Crippen molar-refractivity contribution in [2.75, 3.05) is 13.1 Å². The van der Waals surface area contributed by atoms with Gasteiger partial charge >= 0.3 is 0 Å². The Morgan fingerprint density at radius 3 is 2.52 bits per heavy atom. The third-order valence-corrected chi connectivity index (χ3v) is 6.48. The van der Waals surface area contributed by atoms with Gasteiger partial charge in [-0.3, -0.25) is 9.88 Å². The van der Waals surface area contributed by atoms with Crippen molar-refractivity contribution in [2.45, 2.75) is 38.5 Å². The van der Waals surface area contributed by atoms with E-state index in [-0.39, 0.29) is 12.1 Å². The molecule has 8 heteroatoms. The Hall–Kier alpha value is -2.74. The highest BCUT2D eigenvalue weighted by Gasteiger charge is 2.44. The standard InChI is InChI=1S/C21H27N7O/c1-15-23-6-8-28(15)18-9-16-12-27(14-20-24-5-7-26(20)2)13-17(16)10-19(18)29-21-11-22-3-4-25-21/h3-8,11,16-19H,9-10,12-14H2,1-2H3/t16-,17+,18-,19-/m0/s1. The van der Waals surface area contributed by atoms with Crippen molar-refractivity contribution in [3.63, 3.8) is 0 Å². The molecule has 0 radical (unpaired) electrons. The normalized spacial score (nSPS) is 27.1. The van der Waals surface area contributed by atoms with E-state index in [1.807, 2.05) is 18.6 Å². The highest BCUT2D eigenvalue weighted by Crippen LogP contribution is 2.43. The van der Waals surface area contributed by atoms with Gasteiger partial charge in [0, 0.05) is 57.3 Å². The zero-order chi connectivity index (χ0) is 19.8. The molecule has 2 fully saturated rings. The zero-order valence-electron chi connectivity index (χ0n) is 16.9. The first-order valence-electron chi connectivity index (χ1n) is 10.3. The molecule has 0 unspecified atom stereocenters. The summed E-state index contributed by atoms with van der Waals surface area (Å²) in [6.07, 6.45) is 15.1. The molecule has 0 amide bonds. The molecule has 4 atom stereocenters. The van der Waals surface area contributed by atoms with Crippen LogP contribution < -0.4 is 4.74 Å². The second kappa shape index (κ2) is 7.59. The summed E-state index contributed by atoms with van der Waals surface area (Å²) in [4.78, 5) is 20.0. The summed E-state index contributed by atoms with van der Waals surface area (Å²) in [5, 5.41) is 0. The minimum Gasteiger partial charge on any atom is -0.471 e. The van der Waals surface area contributed by atoms with Crippen molar-refractivity contribution in [1.82, 2.24) is 34.0 Å². The van der Waals surface area contributed by atoms with Crippen molar-refractivity contribution in [2.24, 2.45) is 18.9 Å². The number of ether oxygens (including phenoxy) is 1. The summed E-state index contributed by atoms with van der Waals surface area (Å²) >= 11 is 0. The van der Waals surface area contributed by atoms with Gasteiger partial charge in [-0.05, 0) is 31.6 Å². The minimum atomic E-state index is 0.0639. The molecule has 1 aliphatic carbocycles. The number of imidazole rings is 2. The maximum absolute atomic E-state index is 6.36. The Bertz CT molecular complexity index is 953. The van der Waals surface area contributed by atoms with Crippen LogP contribution in [0.5, 0.6) is 5.88 Å². The number of likely N-dealkylation sites (tertiary alicyclic amines) is 1. The largest absolute Gasteiger partial charge is 0.471 e. The Morgan fingerprint density at radius 2 is 1.83 bits per heavy atom. The van der Waals surface area contributed by atoms with Gasteiger partial charge in [-0.25, -0.2) is 15.0 Å². The zero-order valence-corrected chi connectivity index (χ0v) is 16.9. The minimum absolute atomic E-state index is 0.0639. The van der Waals surface area contributed by atoms with E-state index in [0.717, 1.165) is 44.1 Å². The molecule has 3 aromatic heterocycles. The Labute approximate surface area is 170 Å². The van der Waals surface area contributed by atoms with Crippen LogP contribution >= 0.6 is 0 Å². The van der Waals surface area contributed by atoms with Crippen LogP contribution in [0, 0.1) is 18.8 Å². The van der Waals surface area contributed by atoms with Crippen molar-refractivity contribution >= 4 is 0 Å². The molecule has 0 N–H and O–H groups in total. The number of hydrogen-bond acceptors (Lipinski definition) is 6. The molecule has 152 valence electrons. The fourth-order valence-electron chi connectivity index (χ4n) is 5.02. The second-order valence-corrected chi connectivity index (χ2v) is 8.29. The van der Waals surface area contributed by atoms with Gasteiger partial charge in [-0.1, -0.05) is 0 Å². The summed E-state index contributed by atoms with van der Waals surface area (Å²) in [6, 6.07) is 0.258. The maximum atomic E-state index is 6.36. The number of rotatable bonds is 5. The number of aryl methyl sites for hydroxylation is 2. The van der Waals surface area contributed by atoms with E-state index >= 15 is 0 Å². The topological polar surface area (TPSA) is 73.9 Å². The highest BCUT2D eigenvalue weighted by atomic mass is 16.5. The van der Waals surface area contributed by atoms with Crippen LogP contribution in [0.3, 0.4) is 0 Å². The molecule has 1 saturated heterocycles. The average Bonchev–Trinajstić information content (AvgIpc) is 3.42. The van der Waals surface area contributed by atoms with Gasteiger partial charge in [-0.2, -0.15) is 0 Å². The van der Waals surface area contributed by atoms with E-state index in [1.54, 1.807) is 18.6 Å². The van der Waals surface area contributed by atoms with Crippen LogP contribution in [0.4, 0.5) is 0 Å². The summed E-state index contributed by atoms with van der Waals surface area (Å²) in [5.74, 6) is 4.03. The van der Waals surface area contributed by atoms with Gasteiger partial charge in [0.15, 0.2) is 0 Å². The molecule has 0 spiro atoms. The van der Waals surface area contributed by atoms with Gasteiger partial charge in [0.2, 0.25) is 5.88 Å². The molecule has 1 aliphatic heterocycles. The Kier molecular flexibility index (Phi) is 4.79. The summed E-state index contributed by atoms with van der Waals surface area (Å²) in [6.45, 7) is 5.17. The van der Waals surface area contributed by atoms with E-state index in [2.05, 4.69) is 54.1 Å². The third-order valence-electron chi connectivity index (χ3n) is 6.48. The first-order valence-corrected chi connectivity index (χ1v) is 10.3. The lowest BCUT2D eigenvalue weighted by Gasteiger charge is -2.38. The predicted octanol–water partition coefficient (Wildman–Crippen LogP) is 2.25. The quantitative estimate of drug-likeness (QED) is 0.662. The number of aromatic nitrogens is 6. The maximum Gasteiger partial charge on any atom is 0.232 e. The van der Waals surface area contributed by atoms with Crippen molar-refractivity contribution in [1.29, 1.82) is 0 Å². The summed E-state index contributed by atoms with van der Waals surface area (Å²) in [7, 11) is 2.06. The average molecular weight is 393 g/mol. The van der Waals surface area contributed by atoms with Crippen molar-refractivity contribution in [3.8, 4) is 5.88 Å². The van der Waals surface area contributed by atoms with E-state index < -0.39 is 0 Å². The van der Waals surface area contributed by atoms with Crippen molar-refractivity contribution < 1.29 is 4.74 Å². The SMILES string of the molecule is Cc1nccn1[C@H]1C[C@H]2CN(Cc3nccn3C)C[C@H]2C[C@@H]1Oc1cnccn1. The lowest BCUT2D eigenvalue weighted by Crippen LogP contribution is -2.40. The molecular formula is C21H27N7O. The predicted molar refractivity (Wildman–Crippen MR) is 107 cm³/mol. The smallest absolute Gasteiger partial charge is 0.232 e. The molecule has 2 aliphatic rings. The van der Waals surface area contributed by atoms with E-state index in [9.17, 15) is 0 Å². The molecule has 0 aromatic carbocycles. The number of fused-ring (bicyclic) bond motifs is 1. The fraction of sp³-hybridized carbons (Fsp3) is 0.524. The van der Waals surface area contributed by atoms with Gasteiger partial charge in [0.25, 0.3) is 0 Å². The molecule has 8 nitrogen and oxygen atoms in total. The first-order chi connectivity index (χ1) is 14.2. The number of nitrogens with zero attached hydrogens (tertiary/aromatic N) is 7. The van der Waals surface area contributed by atoms with Crippen LogP contribution in [0.15, 0.2) is 43.4 Å². The van der Waals surface area contributed by atoms with Crippen LogP contribution in [0.2, 0.25) is 0 Å². The van der Waals surface area contributed by atoms with Crippen LogP contribution in [-0.2, 0) is 13.6 Å². The van der Waals surface area contributed by atoms with Crippen LogP contribution in [0.1, 0.15) is 30.5 Å². The lowest BCUT2D eigenvalue weighted by atomic mass is 9.77. The highest BCUT2D eigenvalue weighted by molar-refractivity contribution is 5.07. The lowest BCUT2D eigenvalue weighted by molar-refractivity contribution is 0.0501. The van der Waals surface area contributed by atoms with Gasteiger partial charge in [0.05, 0.1) is 18.8 Å². The third kappa shape index (κ3) is 3.64. The molecule has 0 bridgehead atoms. The van der Waals surface area contributed by atoms with Crippen LogP contribution in [-0.4, -0.2) is 53.2 Å². The van der Waals surface area contributed by atoms with E-state index in [4.69, 9.17) is 4.74 Å². The first kappa shape index (κ1) is 18.3. The fourth-order valence-corrected chi connectivity index (χ4v) is 5.02. The molecule has 29 heavy (non-hydrogen) atoms. The Balaban J connectivity index is 1.35. The summed E-state index contributed by atoms with van der Waals surface area (Å²) < 4.78 is 10.7. The molecule has 5 rings (SSSR count). The van der Waals surface area contributed by atoms with Crippen LogP contribution in [0.25, 0.3) is 0 Å². The van der Waals surface area contributed by atoms with E-state index in [0.29, 0.717) is 17.7 Å². The van der Waals surface area contributed by atoms with E-state index in [1.165, 1.54) is 0 Å². The summed E-state index contributed by atoms with van der Waals surface area (Å²) in [5.41, 5.74) is 0. The molecule has 3 aromatic rings. The van der Waals surface area contributed by atoms with Crippen molar-refractivity contribution in [3.05, 3.63) is 55.0 Å². The molecule has 4 heterocycles. The monoisotopic (exact) mass is 393 g/mol. The molecular weight excluding hydrogens is 366 g/mol. The Morgan fingerprint density at radius 1 is 1.00 bits per heavy atom.